The molecule has 2 rings (SSSR count). The monoisotopic (exact) mass is 338 g/mol. The Morgan fingerprint density at radius 1 is 1.42 bits per heavy atom. The maximum atomic E-state index is 12.4. The lowest BCUT2D eigenvalue weighted by atomic mass is 10.2. The molecular formula is C17H26N2O5. The largest absolute Gasteiger partial charge is 0.469 e. The smallest absolute Gasteiger partial charge is 0.317 e. The van der Waals surface area contributed by atoms with E-state index in [1.54, 1.807) is 11.2 Å². The van der Waals surface area contributed by atoms with E-state index in [2.05, 4.69) is 10.1 Å². The second kappa shape index (κ2) is 9.97. The molecule has 1 fully saturated rings. The van der Waals surface area contributed by atoms with Gasteiger partial charge in [-0.3, -0.25) is 4.79 Å². The number of amides is 2. The molecular weight excluding hydrogens is 312 g/mol. The summed E-state index contributed by atoms with van der Waals surface area (Å²) in [4.78, 5) is 25.2. The Kier molecular flexibility index (Phi) is 7.61. The van der Waals surface area contributed by atoms with Gasteiger partial charge in [0.1, 0.15) is 5.76 Å². The maximum Gasteiger partial charge on any atom is 0.317 e. The fourth-order valence-electron chi connectivity index (χ4n) is 2.65. The van der Waals surface area contributed by atoms with Crippen LogP contribution in [0.1, 0.15) is 37.9 Å². The van der Waals surface area contributed by atoms with Crippen molar-refractivity contribution in [1.82, 2.24) is 10.2 Å². The summed E-state index contributed by atoms with van der Waals surface area (Å²) in [7, 11) is 1.38. The van der Waals surface area contributed by atoms with Crippen LogP contribution in [0, 0.1) is 0 Å². The van der Waals surface area contributed by atoms with Crippen molar-refractivity contribution < 1.29 is 23.5 Å². The van der Waals surface area contributed by atoms with Gasteiger partial charge in [-0.2, -0.15) is 0 Å². The van der Waals surface area contributed by atoms with Gasteiger partial charge in [-0.15, -0.1) is 0 Å². The zero-order valence-corrected chi connectivity index (χ0v) is 14.2. The Bertz CT molecular complexity index is 497. The van der Waals surface area contributed by atoms with Crippen molar-refractivity contribution in [2.75, 3.05) is 26.8 Å². The van der Waals surface area contributed by atoms with E-state index in [1.807, 2.05) is 12.1 Å². The molecule has 0 radical (unpaired) electrons. The number of furan rings is 1. The molecule has 2 amide bonds. The normalized spacial score (nSPS) is 16.8. The molecule has 7 nitrogen and oxygen atoms in total. The van der Waals surface area contributed by atoms with Crippen LogP contribution >= 0.6 is 0 Å². The first-order chi connectivity index (χ1) is 11.7. The molecule has 1 atom stereocenters. The van der Waals surface area contributed by atoms with Crippen LogP contribution in [0.15, 0.2) is 22.8 Å². The number of unbranched alkanes of at least 4 members (excludes halogenated alkanes) is 1. The quantitative estimate of drug-likeness (QED) is 0.552. The number of esters is 1. The highest BCUT2D eigenvalue weighted by Crippen LogP contribution is 2.15. The molecule has 0 aliphatic carbocycles. The minimum atomic E-state index is -0.223. The molecule has 2 heterocycles. The molecule has 1 aromatic heterocycles. The van der Waals surface area contributed by atoms with E-state index in [0.717, 1.165) is 31.6 Å². The van der Waals surface area contributed by atoms with E-state index >= 15 is 0 Å². The van der Waals surface area contributed by atoms with E-state index in [9.17, 15) is 9.59 Å². The van der Waals surface area contributed by atoms with Crippen LogP contribution in [-0.2, 0) is 20.8 Å². The number of urea groups is 1. The Hall–Kier alpha value is -2.02. The number of carbonyl (C=O) groups is 2. The first-order valence-electron chi connectivity index (χ1n) is 8.42. The van der Waals surface area contributed by atoms with Gasteiger partial charge in [-0.25, -0.2) is 4.79 Å². The molecule has 134 valence electrons. The van der Waals surface area contributed by atoms with Gasteiger partial charge in [0.25, 0.3) is 0 Å². The Morgan fingerprint density at radius 2 is 2.29 bits per heavy atom. The lowest BCUT2D eigenvalue weighted by Gasteiger charge is -2.25. The van der Waals surface area contributed by atoms with Crippen molar-refractivity contribution in [2.24, 2.45) is 0 Å². The number of ether oxygens (including phenoxy) is 2. The SMILES string of the molecule is COC(=O)CCCCNC(=O)N(Cc1ccco1)CC1CCCO1. The number of nitrogens with zero attached hydrogens (tertiary/aromatic N) is 1. The average molecular weight is 338 g/mol. The summed E-state index contributed by atoms with van der Waals surface area (Å²) in [6, 6.07) is 3.52. The second-order valence-electron chi connectivity index (χ2n) is 5.86. The second-order valence-corrected chi connectivity index (χ2v) is 5.86. The summed E-state index contributed by atoms with van der Waals surface area (Å²) >= 11 is 0. The van der Waals surface area contributed by atoms with Crippen LogP contribution in [0.2, 0.25) is 0 Å². The van der Waals surface area contributed by atoms with Gasteiger partial charge in [0.15, 0.2) is 0 Å². The highest BCUT2D eigenvalue weighted by atomic mass is 16.5. The highest BCUT2D eigenvalue weighted by Gasteiger charge is 2.23. The average Bonchev–Trinajstić information content (AvgIpc) is 3.27. The van der Waals surface area contributed by atoms with E-state index in [0.29, 0.717) is 32.5 Å². The third-order valence-electron chi connectivity index (χ3n) is 3.97. The fourth-order valence-corrected chi connectivity index (χ4v) is 2.65. The molecule has 1 N–H and O–H groups in total. The van der Waals surface area contributed by atoms with Gasteiger partial charge in [0.05, 0.1) is 26.0 Å². The predicted octanol–water partition coefficient (Wildman–Crippen LogP) is 2.31. The molecule has 1 aliphatic heterocycles. The number of hydrogen-bond donors (Lipinski definition) is 1. The third-order valence-corrected chi connectivity index (χ3v) is 3.97. The van der Waals surface area contributed by atoms with Crippen molar-refractivity contribution in [3.63, 3.8) is 0 Å². The molecule has 24 heavy (non-hydrogen) atoms. The van der Waals surface area contributed by atoms with Crippen molar-refractivity contribution in [1.29, 1.82) is 0 Å². The van der Waals surface area contributed by atoms with Gasteiger partial charge in [0, 0.05) is 26.1 Å². The standard InChI is InChI=1S/C17H26N2O5/c1-22-16(20)8-2-3-9-18-17(21)19(12-14-6-4-10-23-14)13-15-7-5-11-24-15/h4,6,10,15H,2-3,5,7-9,11-13H2,1H3,(H,18,21). The zero-order chi connectivity index (χ0) is 17.2. The maximum absolute atomic E-state index is 12.4. The first kappa shape index (κ1) is 18.3. The summed E-state index contributed by atoms with van der Waals surface area (Å²) in [6.45, 7) is 2.25. The molecule has 7 heteroatoms. The number of rotatable bonds is 9. The van der Waals surface area contributed by atoms with Crippen molar-refractivity contribution in [3.05, 3.63) is 24.2 Å². The summed E-state index contributed by atoms with van der Waals surface area (Å²) in [5, 5.41) is 2.90. The van der Waals surface area contributed by atoms with E-state index in [-0.39, 0.29) is 18.1 Å². The Balaban J connectivity index is 1.76. The topological polar surface area (TPSA) is 81.0 Å². The Labute approximate surface area is 142 Å². The molecule has 0 spiro atoms. The minimum absolute atomic E-state index is 0.0880. The van der Waals surface area contributed by atoms with Crippen LogP contribution in [0.3, 0.4) is 0 Å². The molecule has 1 aliphatic rings. The zero-order valence-electron chi connectivity index (χ0n) is 14.2. The van der Waals surface area contributed by atoms with Crippen LogP contribution in [-0.4, -0.2) is 49.8 Å². The summed E-state index contributed by atoms with van der Waals surface area (Å²) in [6.07, 6.45) is 5.50. The van der Waals surface area contributed by atoms with E-state index in [4.69, 9.17) is 9.15 Å². The Morgan fingerprint density at radius 3 is 2.96 bits per heavy atom. The van der Waals surface area contributed by atoms with Gasteiger partial charge in [0.2, 0.25) is 0 Å². The summed E-state index contributed by atoms with van der Waals surface area (Å²) in [5.41, 5.74) is 0. The number of methoxy groups -OCH3 is 1. The summed E-state index contributed by atoms with van der Waals surface area (Å²) < 4.78 is 15.6. The van der Waals surface area contributed by atoms with Gasteiger partial charge in [-0.05, 0) is 37.8 Å². The summed E-state index contributed by atoms with van der Waals surface area (Å²) in [5.74, 6) is 0.521. The lowest BCUT2D eigenvalue weighted by Crippen LogP contribution is -2.43. The van der Waals surface area contributed by atoms with Crippen molar-refractivity contribution in [2.45, 2.75) is 44.8 Å². The molecule has 0 saturated carbocycles. The van der Waals surface area contributed by atoms with E-state index < -0.39 is 0 Å². The molecule has 0 bridgehead atoms. The van der Waals surface area contributed by atoms with Crippen molar-refractivity contribution >= 4 is 12.0 Å². The van der Waals surface area contributed by atoms with Gasteiger partial charge in [-0.1, -0.05) is 0 Å². The lowest BCUT2D eigenvalue weighted by molar-refractivity contribution is -0.140. The van der Waals surface area contributed by atoms with Gasteiger partial charge < -0.3 is 24.1 Å². The first-order valence-corrected chi connectivity index (χ1v) is 8.42. The van der Waals surface area contributed by atoms with Crippen LogP contribution in [0.4, 0.5) is 4.79 Å². The molecule has 1 saturated heterocycles. The van der Waals surface area contributed by atoms with Crippen LogP contribution in [0.5, 0.6) is 0 Å². The predicted molar refractivity (Wildman–Crippen MR) is 87.4 cm³/mol. The number of nitrogens with one attached hydrogen (secondary N) is 1. The molecule has 0 aromatic carbocycles. The molecule has 1 unspecified atom stereocenters. The van der Waals surface area contributed by atoms with Crippen LogP contribution < -0.4 is 5.32 Å². The van der Waals surface area contributed by atoms with Crippen LogP contribution in [0.25, 0.3) is 0 Å². The third kappa shape index (κ3) is 6.23. The van der Waals surface area contributed by atoms with Crippen molar-refractivity contribution in [3.8, 4) is 0 Å². The number of hydrogen-bond acceptors (Lipinski definition) is 5. The van der Waals surface area contributed by atoms with Gasteiger partial charge >= 0.3 is 12.0 Å². The van der Waals surface area contributed by atoms with E-state index in [1.165, 1.54) is 7.11 Å². The number of carbonyl (C=O) groups excluding carboxylic acids is 2. The fraction of sp³-hybridized carbons (Fsp3) is 0.647. The minimum Gasteiger partial charge on any atom is -0.469 e. The molecule has 1 aromatic rings. The highest BCUT2D eigenvalue weighted by molar-refractivity contribution is 5.74.